The number of thioether (sulfide) groups is 1. The number of nitrogens with zero attached hydrogens (tertiary/aromatic N) is 1. The molecule has 1 amide bonds. The highest BCUT2D eigenvalue weighted by atomic mass is 35.5. The van der Waals surface area contributed by atoms with E-state index >= 15 is 0 Å². The molecule has 0 aromatic heterocycles. The number of amides is 1. The van der Waals surface area contributed by atoms with E-state index in [2.05, 4.69) is 17.1 Å². The average molecular weight is 423 g/mol. The van der Waals surface area contributed by atoms with E-state index in [-0.39, 0.29) is 23.3 Å². The number of ether oxygens (including phenoxy) is 1. The van der Waals surface area contributed by atoms with Gasteiger partial charge in [0.15, 0.2) is 0 Å². The summed E-state index contributed by atoms with van der Waals surface area (Å²) in [4.78, 5) is 15.1. The number of alkyl halides is 1. The second kappa shape index (κ2) is 10.1. The molecule has 0 aromatic rings. The summed E-state index contributed by atoms with van der Waals surface area (Å²) in [5.74, 6) is -0.290. The van der Waals surface area contributed by atoms with Crippen LogP contribution in [0.25, 0.3) is 0 Å². The van der Waals surface area contributed by atoms with E-state index in [0.717, 1.165) is 25.7 Å². The van der Waals surface area contributed by atoms with E-state index in [1.807, 2.05) is 20.2 Å². The lowest BCUT2D eigenvalue weighted by atomic mass is 9.89. The van der Waals surface area contributed by atoms with Crippen LogP contribution in [0.1, 0.15) is 46.5 Å². The van der Waals surface area contributed by atoms with Gasteiger partial charge in [-0.05, 0) is 39.5 Å². The molecule has 0 aromatic carbocycles. The minimum atomic E-state index is -1.09. The van der Waals surface area contributed by atoms with Crippen LogP contribution >= 0.6 is 23.4 Å². The number of rotatable bonds is 7. The zero-order chi connectivity index (χ0) is 20.3. The molecule has 0 spiro atoms. The Kier molecular flexibility index (Phi) is 8.71. The quantitative estimate of drug-likeness (QED) is 0.543. The average Bonchev–Trinajstić information content (AvgIpc) is 2.99. The molecule has 0 aliphatic carbocycles. The minimum absolute atomic E-state index is 0.0850. The Morgan fingerprint density at radius 3 is 2.59 bits per heavy atom. The van der Waals surface area contributed by atoms with Crippen molar-refractivity contribution >= 4 is 29.3 Å². The molecule has 1 unspecified atom stereocenters. The Bertz CT molecular complexity index is 496. The zero-order valence-corrected chi connectivity index (χ0v) is 18.5. The molecule has 2 aliphatic rings. The van der Waals surface area contributed by atoms with Crippen LogP contribution in [0.2, 0.25) is 0 Å². The highest BCUT2D eigenvalue weighted by molar-refractivity contribution is 7.99. The molecule has 2 aliphatic heterocycles. The van der Waals surface area contributed by atoms with Gasteiger partial charge in [0.05, 0.1) is 23.6 Å². The molecule has 2 rings (SSSR count). The first-order chi connectivity index (χ1) is 12.7. The fourth-order valence-corrected chi connectivity index (χ4v) is 5.36. The second-order valence-electron chi connectivity index (χ2n) is 7.96. The van der Waals surface area contributed by atoms with Gasteiger partial charge in [-0.3, -0.25) is 9.69 Å². The molecule has 8 heteroatoms. The molecule has 2 heterocycles. The van der Waals surface area contributed by atoms with Gasteiger partial charge in [-0.25, -0.2) is 0 Å². The molecule has 27 heavy (non-hydrogen) atoms. The fraction of sp³-hybridized carbons (Fsp3) is 0.947. The van der Waals surface area contributed by atoms with Crippen molar-refractivity contribution in [2.45, 2.75) is 93.7 Å². The number of halogens is 1. The Morgan fingerprint density at radius 1 is 1.37 bits per heavy atom. The Hall–Kier alpha value is -0.0500. The molecule has 158 valence electrons. The van der Waals surface area contributed by atoms with Gasteiger partial charge in [-0.15, -0.1) is 23.4 Å². The number of likely N-dealkylation sites (tertiary alicyclic amines) is 1. The van der Waals surface area contributed by atoms with Crippen molar-refractivity contribution in [2.24, 2.45) is 5.92 Å². The lowest BCUT2D eigenvalue weighted by Crippen LogP contribution is -2.63. The van der Waals surface area contributed by atoms with Crippen molar-refractivity contribution in [1.82, 2.24) is 10.2 Å². The van der Waals surface area contributed by atoms with Crippen LogP contribution in [0, 0.1) is 5.92 Å². The predicted molar refractivity (Wildman–Crippen MR) is 110 cm³/mol. The van der Waals surface area contributed by atoms with E-state index in [1.54, 1.807) is 6.92 Å². The summed E-state index contributed by atoms with van der Waals surface area (Å²) in [6, 6.07) is -0.345. The van der Waals surface area contributed by atoms with Crippen molar-refractivity contribution in [3.05, 3.63) is 0 Å². The highest BCUT2D eigenvalue weighted by Crippen LogP contribution is 2.34. The summed E-state index contributed by atoms with van der Waals surface area (Å²) < 4.78 is 6.04. The van der Waals surface area contributed by atoms with Crippen molar-refractivity contribution in [1.29, 1.82) is 0 Å². The largest absolute Gasteiger partial charge is 0.390 e. The molecule has 0 radical (unpaired) electrons. The van der Waals surface area contributed by atoms with Crippen LogP contribution in [-0.2, 0) is 9.53 Å². The number of hydrogen-bond acceptors (Lipinski definition) is 6. The van der Waals surface area contributed by atoms with E-state index < -0.39 is 29.7 Å². The maximum Gasteiger partial charge on any atom is 0.237 e. The molecule has 2 saturated heterocycles. The van der Waals surface area contributed by atoms with Gasteiger partial charge in [-0.2, -0.15) is 0 Å². The summed E-state index contributed by atoms with van der Waals surface area (Å²) in [6.45, 7) is 5.78. The van der Waals surface area contributed by atoms with Crippen LogP contribution in [0.4, 0.5) is 0 Å². The lowest BCUT2D eigenvalue weighted by molar-refractivity contribution is -0.181. The van der Waals surface area contributed by atoms with Crippen molar-refractivity contribution < 1.29 is 19.7 Å². The zero-order valence-electron chi connectivity index (χ0n) is 17.0. The van der Waals surface area contributed by atoms with Crippen molar-refractivity contribution in [3.63, 3.8) is 0 Å². The van der Waals surface area contributed by atoms with E-state index in [0.29, 0.717) is 6.04 Å². The van der Waals surface area contributed by atoms with E-state index in [9.17, 15) is 15.0 Å². The Labute approximate surface area is 172 Å². The van der Waals surface area contributed by atoms with Crippen LogP contribution < -0.4 is 5.32 Å². The van der Waals surface area contributed by atoms with Gasteiger partial charge in [0.25, 0.3) is 0 Å². The third-order valence-electron chi connectivity index (χ3n) is 6.10. The first-order valence-corrected chi connectivity index (χ1v) is 11.7. The lowest BCUT2D eigenvalue weighted by Gasteiger charge is -2.45. The maximum absolute atomic E-state index is 13.0. The topological polar surface area (TPSA) is 82.0 Å². The van der Waals surface area contributed by atoms with Crippen LogP contribution in [0.15, 0.2) is 0 Å². The summed E-state index contributed by atoms with van der Waals surface area (Å²) in [5.41, 5.74) is -0.258. The molecule has 2 fully saturated rings. The summed E-state index contributed by atoms with van der Waals surface area (Å²) in [5, 5.41) is 23.6. The third-order valence-corrected chi connectivity index (χ3v) is 7.38. The summed E-state index contributed by atoms with van der Waals surface area (Å²) >= 11 is 7.86. The van der Waals surface area contributed by atoms with Crippen molar-refractivity contribution in [2.75, 3.05) is 13.3 Å². The predicted octanol–water partition coefficient (Wildman–Crippen LogP) is 1.81. The number of nitrogens with one attached hydrogen (secondary N) is 1. The monoisotopic (exact) mass is 422 g/mol. The third kappa shape index (κ3) is 5.11. The molecule has 3 N–H and O–H groups in total. The number of aliphatic hydroxyl groups is 2. The molecule has 0 bridgehead atoms. The number of carbonyl (C=O) groups is 1. The normalized spacial score (nSPS) is 39.9. The number of carbonyl (C=O) groups excluding carboxylic acids is 1. The fourth-order valence-electron chi connectivity index (χ4n) is 4.32. The van der Waals surface area contributed by atoms with Gasteiger partial charge < -0.3 is 20.3 Å². The minimum Gasteiger partial charge on any atom is -0.390 e. The van der Waals surface area contributed by atoms with Crippen LogP contribution in [0.3, 0.4) is 0 Å². The standard InChI is InChI=1S/C19H35ClN2O4S/c1-6-7-12-8-9-13(22(12)4)18(25)21-14(11(3)20)17-16(24)15(23)10(2)19(26-17)27-5/h10-17,19,23-24H,6-9H2,1-5H3,(H,21,25)/t10-,11-,12-,13?,14-,15-,16-,17-,19-/m1/s1. The van der Waals surface area contributed by atoms with Gasteiger partial charge in [0.2, 0.25) is 5.91 Å². The maximum atomic E-state index is 13.0. The Morgan fingerprint density at radius 2 is 2.04 bits per heavy atom. The van der Waals surface area contributed by atoms with E-state index in [1.165, 1.54) is 11.8 Å². The summed E-state index contributed by atoms with van der Waals surface area (Å²) in [7, 11) is 2.00. The molecule has 0 saturated carbocycles. The van der Waals surface area contributed by atoms with Crippen molar-refractivity contribution in [3.8, 4) is 0 Å². The smallest absolute Gasteiger partial charge is 0.237 e. The molecule has 9 atom stereocenters. The Balaban J connectivity index is 2.10. The first-order valence-electron chi connectivity index (χ1n) is 9.93. The first kappa shape index (κ1) is 23.2. The number of aliphatic hydroxyl groups excluding tert-OH is 2. The van der Waals surface area contributed by atoms with Crippen LogP contribution in [-0.4, -0.2) is 81.6 Å². The second-order valence-corrected chi connectivity index (χ2v) is 9.58. The number of hydrogen-bond donors (Lipinski definition) is 3. The van der Waals surface area contributed by atoms with Gasteiger partial charge in [0.1, 0.15) is 17.6 Å². The van der Waals surface area contributed by atoms with Gasteiger partial charge in [0, 0.05) is 12.0 Å². The summed E-state index contributed by atoms with van der Waals surface area (Å²) in [6.07, 6.45) is 3.15. The molecular weight excluding hydrogens is 388 g/mol. The molecule has 6 nitrogen and oxygen atoms in total. The number of likely N-dealkylation sites (N-methyl/N-ethyl adjacent to an activating group) is 1. The van der Waals surface area contributed by atoms with Gasteiger partial charge in [-0.1, -0.05) is 20.3 Å². The van der Waals surface area contributed by atoms with Crippen LogP contribution in [0.5, 0.6) is 0 Å². The highest BCUT2D eigenvalue weighted by Gasteiger charge is 2.47. The SMILES string of the molecule is CCC[C@@H]1CCC(C(=O)N[C@@H]([C@H]2O[C@H](SC)[C@H](C)[C@@H](O)[C@H]2O)[C@@H](C)Cl)N1C. The molecular formula is C19H35ClN2O4S. The van der Waals surface area contributed by atoms with E-state index in [4.69, 9.17) is 16.3 Å². The van der Waals surface area contributed by atoms with Gasteiger partial charge >= 0.3 is 0 Å².